The molecule has 0 saturated heterocycles. The van der Waals surface area contributed by atoms with E-state index in [4.69, 9.17) is 0 Å². The zero-order valence-electron chi connectivity index (χ0n) is 15.6. The van der Waals surface area contributed by atoms with Gasteiger partial charge in [-0.3, -0.25) is 0 Å². The Bertz CT molecular complexity index is 275. The van der Waals surface area contributed by atoms with Gasteiger partial charge >= 0.3 is 0 Å². The van der Waals surface area contributed by atoms with Crippen LogP contribution < -0.4 is 0 Å². The van der Waals surface area contributed by atoms with Gasteiger partial charge in [0.25, 0.3) is 0 Å². The first kappa shape index (κ1) is 17.3. The van der Waals surface area contributed by atoms with Gasteiger partial charge in [0.05, 0.1) is 54.4 Å². The van der Waals surface area contributed by atoms with Gasteiger partial charge in [0.1, 0.15) is 0 Å². The van der Waals surface area contributed by atoms with Crippen LogP contribution in [-0.2, 0) is 0 Å². The Balaban J connectivity index is 1.71. The molecule has 0 atom stereocenters. The molecule has 2 saturated carbocycles. The summed E-state index contributed by atoms with van der Waals surface area (Å²) in [6.07, 6.45) is 13.4. The van der Waals surface area contributed by atoms with Gasteiger partial charge in [-0.05, 0) is 69.6 Å². The SMILES string of the molecule is C[N+](C)(C)C1CCC(CC2CCC([N+](C)(C)C)CC2)CC1. The van der Waals surface area contributed by atoms with Crippen LogP contribution in [0.4, 0.5) is 0 Å². The average molecular weight is 297 g/mol. The molecule has 0 spiro atoms. The van der Waals surface area contributed by atoms with E-state index in [9.17, 15) is 0 Å². The van der Waals surface area contributed by atoms with Crippen molar-refractivity contribution in [2.24, 2.45) is 11.8 Å². The highest BCUT2D eigenvalue weighted by atomic mass is 15.3. The molecule has 2 heteroatoms. The molecule has 0 aliphatic heterocycles. The summed E-state index contributed by atoms with van der Waals surface area (Å²) >= 11 is 0. The Morgan fingerprint density at radius 3 is 1.05 bits per heavy atom. The molecule has 124 valence electrons. The molecule has 0 aromatic rings. The summed E-state index contributed by atoms with van der Waals surface area (Å²) in [6, 6.07) is 1.82. The molecule has 0 radical (unpaired) electrons. The van der Waals surface area contributed by atoms with E-state index < -0.39 is 0 Å². The van der Waals surface area contributed by atoms with Crippen LogP contribution in [0.2, 0.25) is 0 Å². The molecule has 0 aromatic carbocycles. The van der Waals surface area contributed by atoms with Crippen LogP contribution in [0.25, 0.3) is 0 Å². The molecule has 0 amide bonds. The minimum Gasteiger partial charge on any atom is -0.328 e. The summed E-state index contributed by atoms with van der Waals surface area (Å²) < 4.78 is 2.34. The lowest BCUT2D eigenvalue weighted by atomic mass is 9.75. The van der Waals surface area contributed by atoms with Crippen molar-refractivity contribution < 1.29 is 8.97 Å². The van der Waals surface area contributed by atoms with Crippen LogP contribution in [-0.4, -0.2) is 63.3 Å². The molecule has 21 heavy (non-hydrogen) atoms. The predicted molar refractivity (Wildman–Crippen MR) is 92.2 cm³/mol. The van der Waals surface area contributed by atoms with Crippen LogP contribution in [0.15, 0.2) is 0 Å². The van der Waals surface area contributed by atoms with E-state index in [0.717, 1.165) is 23.9 Å². The highest BCUT2D eigenvalue weighted by molar-refractivity contribution is 4.79. The van der Waals surface area contributed by atoms with E-state index >= 15 is 0 Å². The van der Waals surface area contributed by atoms with Crippen molar-refractivity contribution in [2.75, 3.05) is 42.3 Å². The molecule has 2 rings (SSSR count). The van der Waals surface area contributed by atoms with Crippen LogP contribution in [0, 0.1) is 11.8 Å². The summed E-state index contributed by atoms with van der Waals surface area (Å²) in [5, 5.41) is 0. The van der Waals surface area contributed by atoms with Crippen molar-refractivity contribution >= 4 is 0 Å². The lowest BCUT2D eigenvalue weighted by Gasteiger charge is -2.41. The Morgan fingerprint density at radius 1 is 0.524 bits per heavy atom. The second-order valence-electron chi connectivity index (χ2n) is 9.82. The third-order valence-corrected chi connectivity index (χ3v) is 6.49. The monoisotopic (exact) mass is 296 g/mol. The average Bonchev–Trinajstić information content (AvgIpc) is 2.38. The van der Waals surface area contributed by atoms with Gasteiger partial charge < -0.3 is 8.97 Å². The quantitative estimate of drug-likeness (QED) is 0.690. The molecular weight excluding hydrogens is 256 g/mol. The fourth-order valence-electron chi connectivity index (χ4n) is 4.78. The predicted octanol–water partition coefficient (Wildman–Crippen LogP) is 3.91. The first-order chi connectivity index (χ1) is 9.66. The largest absolute Gasteiger partial charge is 0.328 e. The van der Waals surface area contributed by atoms with Gasteiger partial charge in [-0.2, -0.15) is 0 Å². The molecular formula is C19H40N2+2. The molecule has 2 aliphatic rings. The van der Waals surface area contributed by atoms with E-state index in [-0.39, 0.29) is 0 Å². The third-order valence-electron chi connectivity index (χ3n) is 6.49. The Labute approximate surface area is 133 Å². The lowest BCUT2D eigenvalue weighted by Crippen LogP contribution is -2.47. The van der Waals surface area contributed by atoms with Crippen molar-refractivity contribution in [3.8, 4) is 0 Å². The third kappa shape index (κ3) is 4.96. The molecule has 2 aliphatic carbocycles. The summed E-state index contributed by atoms with van der Waals surface area (Å²) in [5.74, 6) is 2.08. The van der Waals surface area contributed by atoms with E-state index in [1.807, 2.05) is 0 Å². The molecule has 0 N–H and O–H groups in total. The molecule has 0 aromatic heterocycles. The lowest BCUT2D eigenvalue weighted by molar-refractivity contribution is -0.897. The Morgan fingerprint density at radius 2 is 0.810 bits per heavy atom. The minimum atomic E-state index is 0.912. The fraction of sp³-hybridized carbons (Fsp3) is 1.00. The second-order valence-corrected chi connectivity index (χ2v) is 9.82. The van der Waals surface area contributed by atoms with Crippen molar-refractivity contribution in [1.29, 1.82) is 0 Å². The van der Waals surface area contributed by atoms with Gasteiger partial charge in [0.15, 0.2) is 0 Å². The summed E-state index contributed by atoms with van der Waals surface area (Å²) in [4.78, 5) is 0. The smallest absolute Gasteiger partial charge is 0.0884 e. The first-order valence-corrected chi connectivity index (χ1v) is 9.28. The normalized spacial score (nSPS) is 35.7. The fourth-order valence-corrected chi connectivity index (χ4v) is 4.78. The van der Waals surface area contributed by atoms with Crippen molar-refractivity contribution in [3.63, 3.8) is 0 Å². The first-order valence-electron chi connectivity index (χ1n) is 9.28. The Hall–Kier alpha value is -0.0800. The molecule has 2 fully saturated rings. The minimum absolute atomic E-state index is 0.912. The Kier molecular flexibility index (Phi) is 5.41. The van der Waals surface area contributed by atoms with E-state index in [1.54, 1.807) is 0 Å². The summed E-state index contributed by atoms with van der Waals surface area (Å²) in [6.45, 7) is 0. The van der Waals surface area contributed by atoms with Crippen molar-refractivity contribution in [3.05, 3.63) is 0 Å². The topological polar surface area (TPSA) is 0 Å². The second kappa shape index (κ2) is 6.58. The number of quaternary nitrogens is 2. The van der Waals surface area contributed by atoms with E-state index in [2.05, 4.69) is 42.3 Å². The number of hydrogen-bond acceptors (Lipinski definition) is 0. The molecule has 0 unspecified atom stereocenters. The summed E-state index contributed by atoms with van der Waals surface area (Å²) in [5.41, 5.74) is 0. The van der Waals surface area contributed by atoms with E-state index in [1.165, 1.54) is 66.8 Å². The number of nitrogens with zero attached hydrogens (tertiary/aromatic N) is 2. The van der Waals surface area contributed by atoms with Gasteiger partial charge in [0.2, 0.25) is 0 Å². The van der Waals surface area contributed by atoms with Crippen LogP contribution in [0.5, 0.6) is 0 Å². The van der Waals surface area contributed by atoms with Gasteiger partial charge in [-0.25, -0.2) is 0 Å². The van der Waals surface area contributed by atoms with Crippen LogP contribution in [0.1, 0.15) is 57.8 Å². The van der Waals surface area contributed by atoms with E-state index in [0.29, 0.717) is 0 Å². The van der Waals surface area contributed by atoms with Gasteiger partial charge in [0, 0.05) is 0 Å². The van der Waals surface area contributed by atoms with Crippen LogP contribution >= 0.6 is 0 Å². The molecule has 0 heterocycles. The standard InChI is InChI=1S/C19H40N2/c1-20(2,3)18-11-7-16(8-12-18)15-17-9-13-19(14-10-17)21(4,5)6/h16-19H,7-15H2,1-6H3/q+2. The van der Waals surface area contributed by atoms with Crippen LogP contribution in [0.3, 0.4) is 0 Å². The molecule has 2 nitrogen and oxygen atoms in total. The highest BCUT2D eigenvalue weighted by Gasteiger charge is 2.33. The maximum atomic E-state index is 2.37. The van der Waals surface area contributed by atoms with Crippen molar-refractivity contribution in [2.45, 2.75) is 69.9 Å². The molecule has 0 bridgehead atoms. The highest BCUT2D eigenvalue weighted by Crippen LogP contribution is 2.38. The zero-order chi connectivity index (χ0) is 15.7. The number of hydrogen-bond donors (Lipinski definition) is 0. The number of rotatable bonds is 4. The maximum Gasteiger partial charge on any atom is 0.0884 e. The van der Waals surface area contributed by atoms with Gasteiger partial charge in [-0.1, -0.05) is 0 Å². The zero-order valence-corrected chi connectivity index (χ0v) is 15.6. The van der Waals surface area contributed by atoms with Gasteiger partial charge in [-0.15, -0.1) is 0 Å². The summed E-state index contributed by atoms with van der Waals surface area (Å²) in [7, 11) is 14.2. The maximum absolute atomic E-state index is 2.37. The van der Waals surface area contributed by atoms with Crippen molar-refractivity contribution in [1.82, 2.24) is 0 Å².